The topological polar surface area (TPSA) is 6.48 Å². The zero-order valence-corrected chi connectivity index (χ0v) is 32.2. The highest BCUT2D eigenvalue weighted by atomic mass is 15.1. The maximum Gasteiger partial charge on any atom is 0.0493 e. The average molecular weight is 701 g/mol. The van der Waals surface area contributed by atoms with Crippen molar-refractivity contribution in [1.29, 1.82) is 0 Å². The minimum atomic E-state index is 1.14. The van der Waals surface area contributed by atoms with Gasteiger partial charge in [0.15, 0.2) is 0 Å². The van der Waals surface area contributed by atoms with Crippen LogP contribution in [-0.2, 0) is 0 Å². The van der Waals surface area contributed by atoms with E-state index in [9.17, 15) is 0 Å². The Labute approximate surface area is 322 Å². The molecule has 2 nitrogen and oxygen atoms in total. The predicted molar refractivity (Wildman–Crippen MR) is 235 cm³/mol. The van der Waals surface area contributed by atoms with Gasteiger partial charge >= 0.3 is 0 Å². The fourth-order valence-corrected chi connectivity index (χ4v) is 7.00. The molecule has 7 aromatic carbocycles. The second kappa shape index (κ2) is 16.1. The van der Waals surface area contributed by atoms with Crippen LogP contribution in [0.2, 0.25) is 0 Å². The maximum atomic E-state index is 2.35. The number of hydrogen-bond donors (Lipinski definition) is 0. The van der Waals surface area contributed by atoms with Gasteiger partial charge in [0.2, 0.25) is 0 Å². The molecule has 0 fully saturated rings. The van der Waals surface area contributed by atoms with Crippen LogP contribution in [0, 0.1) is 41.5 Å². The van der Waals surface area contributed by atoms with Crippen LogP contribution in [0.3, 0.4) is 0 Å². The molecular weight excluding hydrogens is 653 g/mol. The molecule has 7 aromatic rings. The summed E-state index contributed by atoms with van der Waals surface area (Å²) in [6.45, 7) is 13.1. The summed E-state index contributed by atoms with van der Waals surface area (Å²) in [5.74, 6) is 0. The van der Waals surface area contributed by atoms with Gasteiger partial charge in [-0.15, -0.1) is 0 Å². The third-order valence-corrected chi connectivity index (χ3v) is 10.3. The van der Waals surface area contributed by atoms with Gasteiger partial charge in [0.25, 0.3) is 0 Å². The normalized spacial score (nSPS) is 11.4. The summed E-state index contributed by atoms with van der Waals surface area (Å²) >= 11 is 0. The first-order valence-corrected chi connectivity index (χ1v) is 18.8. The fraction of sp³-hybridized carbons (Fsp3) is 0.115. The van der Waals surface area contributed by atoms with Crippen molar-refractivity contribution in [2.45, 2.75) is 41.5 Å². The second-order valence-corrected chi connectivity index (χ2v) is 14.3. The van der Waals surface area contributed by atoms with Crippen LogP contribution in [0.1, 0.15) is 55.6 Å². The standard InChI is InChI=1S/C52H48N2/c1-37-32-41(5)51(34-39(37)3)53(47-16-9-7-10-17-47)49-28-24-43(25-29-49)20-22-45-14-13-15-46(36-45)23-21-44-26-30-50(31-27-44)54(48-18-11-8-12-19-48)52-35-40(4)38(2)33-42(52)6/h7-36H,1-6H3. The van der Waals surface area contributed by atoms with Gasteiger partial charge in [-0.1, -0.05) is 115 Å². The highest BCUT2D eigenvalue weighted by Gasteiger charge is 2.17. The number of benzene rings is 7. The zero-order valence-electron chi connectivity index (χ0n) is 32.2. The molecule has 0 N–H and O–H groups in total. The summed E-state index contributed by atoms with van der Waals surface area (Å²) in [5, 5.41) is 0. The molecule has 0 bridgehead atoms. The van der Waals surface area contributed by atoms with Crippen LogP contribution >= 0.6 is 0 Å². The smallest absolute Gasteiger partial charge is 0.0493 e. The lowest BCUT2D eigenvalue weighted by atomic mass is 10.0. The van der Waals surface area contributed by atoms with Crippen LogP contribution in [0.4, 0.5) is 34.1 Å². The predicted octanol–water partition coefficient (Wildman–Crippen LogP) is 14.8. The third-order valence-electron chi connectivity index (χ3n) is 10.3. The minimum Gasteiger partial charge on any atom is -0.310 e. The molecule has 0 radical (unpaired) electrons. The van der Waals surface area contributed by atoms with E-state index in [1.807, 2.05) is 0 Å². The molecule has 0 saturated carbocycles. The van der Waals surface area contributed by atoms with Gasteiger partial charge in [-0.2, -0.15) is 0 Å². The van der Waals surface area contributed by atoms with Gasteiger partial charge in [0.1, 0.15) is 0 Å². The zero-order chi connectivity index (χ0) is 37.6. The summed E-state index contributed by atoms with van der Waals surface area (Å²) in [7, 11) is 0. The Bertz CT molecular complexity index is 2250. The van der Waals surface area contributed by atoms with E-state index in [0.717, 1.165) is 45.0 Å². The fourth-order valence-electron chi connectivity index (χ4n) is 7.00. The minimum absolute atomic E-state index is 1.14. The van der Waals surface area contributed by atoms with Crippen LogP contribution in [0.15, 0.2) is 158 Å². The molecule has 0 saturated heterocycles. The van der Waals surface area contributed by atoms with E-state index in [4.69, 9.17) is 0 Å². The molecule has 0 atom stereocenters. The van der Waals surface area contributed by atoms with E-state index in [1.54, 1.807) is 0 Å². The summed E-state index contributed by atoms with van der Waals surface area (Å²) in [5.41, 5.74) is 19.3. The van der Waals surface area contributed by atoms with Crippen LogP contribution in [0.25, 0.3) is 24.3 Å². The third kappa shape index (κ3) is 8.14. The largest absolute Gasteiger partial charge is 0.310 e. The van der Waals surface area contributed by atoms with Gasteiger partial charge < -0.3 is 9.80 Å². The van der Waals surface area contributed by atoms with E-state index < -0.39 is 0 Å². The molecule has 0 aromatic heterocycles. The Balaban J connectivity index is 1.08. The van der Waals surface area contributed by atoms with E-state index in [-0.39, 0.29) is 0 Å². The Kier molecular flexibility index (Phi) is 10.7. The van der Waals surface area contributed by atoms with Crippen molar-refractivity contribution in [2.24, 2.45) is 0 Å². The van der Waals surface area contributed by atoms with Crippen molar-refractivity contribution in [3.05, 3.63) is 213 Å². The Morgan fingerprint density at radius 1 is 0.278 bits per heavy atom. The number of nitrogens with zero attached hydrogens (tertiary/aromatic N) is 2. The first-order valence-electron chi connectivity index (χ1n) is 18.8. The van der Waals surface area contributed by atoms with E-state index in [0.29, 0.717) is 0 Å². The first kappa shape index (κ1) is 36.0. The van der Waals surface area contributed by atoms with Gasteiger partial charge in [-0.3, -0.25) is 0 Å². The lowest BCUT2D eigenvalue weighted by Crippen LogP contribution is -2.11. The summed E-state index contributed by atoms with van der Waals surface area (Å²) in [4.78, 5) is 4.70. The molecule has 2 heteroatoms. The Morgan fingerprint density at radius 3 is 1.00 bits per heavy atom. The van der Waals surface area contributed by atoms with Gasteiger partial charge in [0, 0.05) is 34.1 Å². The molecule has 0 amide bonds. The van der Waals surface area contributed by atoms with Crippen molar-refractivity contribution >= 4 is 58.4 Å². The van der Waals surface area contributed by atoms with Crippen LogP contribution < -0.4 is 9.80 Å². The molecule has 7 rings (SSSR count). The van der Waals surface area contributed by atoms with E-state index in [2.05, 4.69) is 233 Å². The average Bonchev–Trinajstić information content (AvgIpc) is 3.19. The summed E-state index contributed by atoms with van der Waals surface area (Å²) in [6.07, 6.45) is 8.76. The van der Waals surface area contributed by atoms with Gasteiger partial charge in [-0.05, 0) is 164 Å². The Hall–Kier alpha value is -6.38. The number of aryl methyl sites for hydroxylation is 6. The van der Waals surface area contributed by atoms with Gasteiger partial charge in [0.05, 0.1) is 0 Å². The monoisotopic (exact) mass is 700 g/mol. The summed E-state index contributed by atoms with van der Waals surface area (Å²) < 4.78 is 0. The molecule has 0 aliphatic heterocycles. The molecule has 54 heavy (non-hydrogen) atoms. The van der Waals surface area contributed by atoms with Crippen LogP contribution in [0.5, 0.6) is 0 Å². The van der Waals surface area contributed by atoms with Crippen LogP contribution in [-0.4, -0.2) is 0 Å². The number of anilines is 6. The molecule has 266 valence electrons. The number of rotatable bonds is 10. The molecule has 0 aliphatic rings. The lowest BCUT2D eigenvalue weighted by molar-refractivity contribution is 1.21. The van der Waals surface area contributed by atoms with Crippen molar-refractivity contribution in [3.8, 4) is 0 Å². The van der Waals surface area contributed by atoms with Gasteiger partial charge in [-0.25, -0.2) is 0 Å². The number of hydrogen-bond acceptors (Lipinski definition) is 2. The van der Waals surface area contributed by atoms with E-state index >= 15 is 0 Å². The van der Waals surface area contributed by atoms with E-state index in [1.165, 1.54) is 44.8 Å². The second-order valence-electron chi connectivity index (χ2n) is 14.3. The van der Waals surface area contributed by atoms with Crippen molar-refractivity contribution < 1.29 is 0 Å². The van der Waals surface area contributed by atoms with Crippen molar-refractivity contribution in [3.63, 3.8) is 0 Å². The molecule has 0 aliphatic carbocycles. The molecule has 0 heterocycles. The lowest BCUT2D eigenvalue weighted by Gasteiger charge is -2.28. The molecular formula is C52H48N2. The SMILES string of the molecule is Cc1cc(C)c(N(c2ccccc2)c2ccc(C=Cc3cccc(C=Cc4ccc(N(c5ccccc5)c5cc(C)c(C)cc5C)cc4)c3)cc2)cc1C. The summed E-state index contributed by atoms with van der Waals surface area (Å²) in [6, 6.07) is 56.7. The molecule has 0 spiro atoms. The quantitative estimate of drug-likeness (QED) is 0.131. The number of para-hydroxylation sites is 2. The highest BCUT2D eigenvalue weighted by molar-refractivity contribution is 5.82. The first-order chi connectivity index (χ1) is 26.2. The van der Waals surface area contributed by atoms with Crippen molar-refractivity contribution in [1.82, 2.24) is 0 Å². The maximum absolute atomic E-state index is 2.35. The van der Waals surface area contributed by atoms with Crippen molar-refractivity contribution in [2.75, 3.05) is 9.80 Å². The Morgan fingerprint density at radius 2 is 0.611 bits per heavy atom. The highest BCUT2D eigenvalue weighted by Crippen LogP contribution is 2.39. The molecule has 0 unspecified atom stereocenters.